The molecule has 4 N–H and O–H groups in total. The molecule has 1 aliphatic rings. The van der Waals surface area contributed by atoms with E-state index in [9.17, 15) is 9.59 Å². The Bertz CT molecular complexity index is 474. The van der Waals surface area contributed by atoms with Gasteiger partial charge in [0.2, 0.25) is 0 Å². The summed E-state index contributed by atoms with van der Waals surface area (Å²) < 4.78 is 5.45. The molecule has 7 heteroatoms. The van der Waals surface area contributed by atoms with Crippen LogP contribution < -0.4 is 11.1 Å². The first-order valence-corrected chi connectivity index (χ1v) is 5.96. The van der Waals surface area contributed by atoms with Crippen molar-refractivity contribution in [2.45, 2.75) is 25.0 Å². The first-order valence-electron chi connectivity index (χ1n) is 5.96. The molecular weight excluding hydrogens is 250 g/mol. The van der Waals surface area contributed by atoms with E-state index >= 15 is 0 Å². The number of rotatable bonds is 4. The van der Waals surface area contributed by atoms with Crippen molar-refractivity contribution < 1.29 is 19.4 Å². The molecule has 2 heterocycles. The lowest BCUT2D eigenvalue weighted by Gasteiger charge is -2.12. The number of carboxylic acids is 1. The number of aromatic nitrogens is 1. The lowest BCUT2D eigenvalue weighted by Crippen LogP contribution is -2.29. The van der Waals surface area contributed by atoms with Gasteiger partial charge in [0, 0.05) is 6.54 Å². The van der Waals surface area contributed by atoms with E-state index in [1.165, 1.54) is 18.3 Å². The third kappa shape index (κ3) is 3.27. The third-order valence-electron chi connectivity index (χ3n) is 2.91. The van der Waals surface area contributed by atoms with Crippen LogP contribution in [0.15, 0.2) is 18.3 Å². The predicted molar refractivity (Wildman–Crippen MR) is 66.8 cm³/mol. The molecule has 2 unspecified atom stereocenters. The van der Waals surface area contributed by atoms with Crippen LogP contribution in [0.25, 0.3) is 0 Å². The molecule has 1 aromatic heterocycles. The van der Waals surface area contributed by atoms with E-state index in [2.05, 4.69) is 10.3 Å². The Labute approximate surface area is 109 Å². The zero-order valence-corrected chi connectivity index (χ0v) is 10.2. The number of hydrogen-bond acceptors (Lipinski definition) is 5. The summed E-state index contributed by atoms with van der Waals surface area (Å²) in [6.07, 6.45) is 2.13. The minimum absolute atomic E-state index is 0.0664. The van der Waals surface area contributed by atoms with Gasteiger partial charge in [0.05, 0.1) is 18.0 Å². The fraction of sp³-hybridized carbons (Fsp3) is 0.417. The normalized spacial score (nSPS) is 22.2. The summed E-state index contributed by atoms with van der Waals surface area (Å²) in [4.78, 5) is 26.2. The number of carbonyl (C=O) groups excluding carboxylic acids is 1. The summed E-state index contributed by atoms with van der Waals surface area (Å²) in [5.74, 6) is -1.37. The van der Waals surface area contributed by atoms with Gasteiger partial charge in [-0.2, -0.15) is 0 Å². The molecule has 1 aliphatic heterocycles. The van der Waals surface area contributed by atoms with Gasteiger partial charge in [-0.3, -0.25) is 4.79 Å². The molecule has 0 aromatic carbocycles. The van der Waals surface area contributed by atoms with Gasteiger partial charge in [-0.1, -0.05) is 0 Å². The second kappa shape index (κ2) is 5.77. The molecular formula is C12H15N3O4. The number of nitrogens with two attached hydrogens (primary N) is 1. The SMILES string of the molecule is NCC1CCC(C(=O)Nc2ccc(C(=O)O)nc2)O1. The minimum atomic E-state index is -1.11. The monoisotopic (exact) mass is 265 g/mol. The quantitative estimate of drug-likeness (QED) is 0.717. The number of hydrogen-bond donors (Lipinski definition) is 3. The Hall–Kier alpha value is -1.99. The highest BCUT2D eigenvalue weighted by Gasteiger charge is 2.29. The van der Waals surface area contributed by atoms with Crippen LogP contribution in [-0.4, -0.2) is 40.7 Å². The number of pyridine rings is 1. The van der Waals surface area contributed by atoms with Crippen molar-refractivity contribution in [2.75, 3.05) is 11.9 Å². The van der Waals surface area contributed by atoms with E-state index in [4.69, 9.17) is 15.6 Å². The average Bonchev–Trinajstić information content (AvgIpc) is 2.88. The first-order chi connectivity index (χ1) is 9.10. The smallest absolute Gasteiger partial charge is 0.354 e. The number of nitrogens with zero attached hydrogens (tertiary/aromatic N) is 1. The Morgan fingerprint density at radius 3 is 2.79 bits per heavy atom. The van der Waals surface area contributed by atoms with Gasteiger partial charge >= 0.3 is 5.97 Å². The number of aromatic carboxylic acids is 1. The maximum atomic E-state index is 11.9. The van der Waals surface area contributed by atoms with E-state index in [0.717, 1.165) is 6.42 Å². The van der Waals surface area contributed by atoms with Crippen LogP contribution in [0, 0.1) is 0 Å². The average molecular weight is 265 g/mol. The van der Waals surface area contributed by atoms with Crippen LogP contribution >= 0.6 is 0 Å². The first kappa shape index (κ1) is 13.4. The predicted octanol–water partition coefficient (Wildman–Crippen LogP) is 0.225. The van der Waals surface area contributed by atoms with Crippen LogP contribution in [0.1, 0.15) is 23.3 Å². The number of nitrogens with one attached hydrogen (secondary N) is 1. The van der Waals surface area contributed by atoms with E-state index in [1.54, 1.807) is 0 Å². The molecule has 0 radical (unpaired) electrons. The van der Waals surface area contributed by atoms with Gasteiger partial charge in [-0.25, -0.2) is 9.78 Å². The molecule has 2 rings (SSSR count). The number of carbonyl (C=O) groups is 2. The van der Waals surface area contributed by atoms with Gasteiger partial charge in [0.15, 0.2) is 0 Å². The van der Waals surface area contributed by atoms with Crippen molar-refractivity contribution in [2.24, 2.45) is 5.73 Å². The highest BCUT2D eigenvalue weighted by molar-refractivity contribution is 5.94. The molecule has 1 fully saturated rings. The molecule has 1 amide bonds. The van der Waals surface area contributed by atoms with Crippen LogP contribution in [-0.2, 0) is 9.53 Å². The van der Waals surface area contributed by atoms with Crippen molar-refractivity contribution in [3.63, 3.8) is 0 Å². The number of amides is 1. The van der Waals surface area contributed by atoms with Crippen molar-refractivity contribution in [1.29, 1.82) is 0 Å². The van der Waals surface area contributed by atoms with Crippen molar-refractivity contribution in [3.05, 3.63) is 24.0 Å². The van der Waals surface area contributed by atoms with Crippen molar-refractivity contribution in [1.82, 2.24) is 4.98 Å². The van der Waals surface area contributed by atoms with Crippen LogP contribution in [0.5, 0.6) is 0 Å². The molecule has 0 spiro atoms. The Morgan fingerprint density at radius 1 is 1.47 bits per heavy atom. The zero-order chi connectivity index (χ0) is 13.8. The lowest BCUT2D eigenvalue weighted by atomic mass is 10.2. The van der Waals surface area contributed by atoms with Gasteiger partial charge in [0.25, 0.3) is 5.91 Å². The van der Waals surface area contributed by atoms with Crippen LogP contribution in [0.2, 0.25) is 0 Å². The molecule has 1 aromatic rings. The molecule has 0 aliphatic carbocycles. The largest absolute Gasteiger partial charge is 0.477 e. The second-order valence-electron chi connectivity index (χ2n) is 4.29. The lowest BCUT2D eigenvalue weighted by molar-refractivity contribution is -0.126. The fourth-order valence-electron chi connectivity index (χ4n) is 1.89. The number of carboxylic acid groups (broad SMARTS) is 1. The van der Waals surface area contributed by atoms with E-state index in [1.807, 2.05) is 0 Å². The topological polar surface area (TPSA) is 115 Å². The zero-order valence-electron chi connectivity index (χ0n) is 10.2. The van der Waals surface area contributed by atoms with Crippen LogP contribution in [0.3, 0.4) is 0 Å². The molecule has 2 atom stereocenters. The second-order valence-corrected chi connectivity index (χ2v) is 4.29. The van der Waals surface area contributed by atoms with E-state index in [-0.39, 0.29) is 17.7 Å². The molecule has 19 heavy (non-hydrogen) atoms. The van der Waals surface area contributed by atoms with Gasteiger partial charge < -0.3 is 20.9 Å². The van der Waals surface area contributed by atoms with Gasteiger partial charge in [-0.15, -0.1) is 0 Å². The summed E-state index contributed by atoms with van der Waals surface area (Å²) in [5, 5.41) is 11.3. The summed E-state index contributed by atoms with van der Waals surface area (Å²) in [5.41, 5.74) is 5.84. The standard InChI is InChI=1S/C12H15N3O4/c13-5-8-2-4-10(19-8)11(16)15-7-1-3-9(12(17)18)14-6-7/h1,3,6,8,10H,2,4-5,13H2,(H,15,16)(H,17,18). The number of ether oxygens (including phenoxy) is 1. The minimum Gasteiger partial charge on any atom is -0.477 e. The molecule has 102 valence electrons. The summed E-state index contributed by atoms with van der Waals surface area (Å²) in [6, 6.07) is 2.82. The number of anilines is 1. The summed E-state index contributed by atoms with van der Waals surface area (Å²) in [6.45, 7) is 0.401. The Balaban J connectivity index is 1.94. The fourth-order valence-corrected chi connectivity index (χ4v) is 1.89. The highest BCUT2D eigenvalue weighted by Crippen LogP contribution is 2.20. The summed E-state index contributed by atoms with van der Waals surface area (Å²) >= 11 is 0. The van der Waals surface area contributed by atoms with E-state index < -0.39 is 12.1 Å². The summed E-state index contributed by atoms with van der Waals surface area (Å²) in [7, 11) is 0. The Morgan fingerprint density at radius 2 is 2.26 bits per heavy atom. The maximum Gasteiger partial charge on any atom is 0.354 e. The Kier molecular flexibility index (Phi) is 4.08. The maximum absolute atomic E-state index is 11.9. The van der Waals surface area contributed by atoms with E-state index in [0.29, 0.717) is 18.7 Å². The van der Waals surface area contributed by atoms with Gasteiger partial charge in [0.1, 0.15) is 11.8 Å². The van der Waals surface area contributed by atoms with Crippen molar-refractivity contribution in [3.8, 4) is 0 Å². The molecule has 1 saturated heterocycles. The molecule has 7 nitrogen and oxygen atoms in total. The van der Waals surface area contributed by atoms with Crippen LogP contribution in [0.4, 0.5) is 5.69 Å². The molecule has 0 bridgehead atoms. The van der Waals surface area contributed by atoms with Gasteiger partial charge in [-0.05, 0) is 25.0 Å². The molecule has 0 saturated carbocycles. The highest BCUT2D eigenvalue weighted by atomic mass is 16.5. The van der Waals surface area contributed by atoms with Crippen molar-refractivity contribution >= 4 is 17.6 Å². The third-order valence-corrected chi connectivity index (χ3v) is 2.91.